The van der Waals surface area contributed by atoms with Gasteiger partial charge < -0.3 is 33.7 Å². The molecule has 0 saturated carbocycles. The number of ether oxygens (including phenoxy) is 4. The molecule has 1 unspecified atom stereocenters. The minimum atomic E-state index is -2.00. The van der Waals surface area contributed by atoms with Gasteiger partial charge in [0.2, 0.25) is 0 Å². The van der Waals surface area contributed by atoms with Crippen LogP contribution in [0, 0.1) is 10.1 Å². The van der Waals surface area contributed by atoms with Crippen molar-refractivity contribution >= 4 is 31.3 Å². The number of nitro groups is 1. The zero-order valence-electron chi connectivity index (χ0n) is 29.6. The summed E-state index contributed by atoms with van der Waals surface area (Å²) in [6.45, 7) is 0.0439. The van der Waals surface area contributed by atoms with Gasteiger partial charge in [0, 0.05) is 25.7 Å². The number of hydrogen-bond acceptors (Lipinski definition) is 13. The second kappa shape index (κ2) is 16.1. The largest absolute Gasteiger partial charge is 0.497 e. The van der Waals surface area contributed by atoms with Crippen LogP contribution in [0.25, 0.3) is 11.2 Å². The number of fused-ring (bicyclic) bond motifs is 1. The van der Waals surface area contributed by atoms with Crippen LogP contribution in [-0.2, 0) is 24.1 Å². The molecule has 0 aliphatic carbocycles. The van der Waals surface area contributed by atoms with Crippen molar-refractivity contribution in [2.24, 2.45) is 0 Å². The van der Waals surface area contributed by atoms with Crippen molar-refractivity contribution in [1.29, 1.82) is 0 Å². The maximum atomic E-state index is 11.2. The number of imidazole rings is 1. The molecule has 2 aromatic heterocycles. The Hall–Kier alpha value is -5.70. The van der Waals surface area contributed by atoms with Gasteiger partial charge >= 0.3 is 8.60 Å². The molecule has 0 spiro atoms. The average Bonchev–Trinajstić information content (AvgIpc) is 3.83. The van der Waals surface area contributed by atoms with Crippen molar-refractivity contribution in [2.45, 2.75) is 30.5 Å². The lowest BCUT2D eigenvalue weighted by atomic mass is 9.80. The van der Waals surface area contributed by atoms with Gasteiger partial charge in [-0.3, -0.25) is 19.2 Å². The minimum Gasteiger partial charge on any atom is -0.497 e. The van der Waals surface area contributed by atoms with Gasteiger partial charge in [0.05, 0.1) is 32.1 Å². The molecule has 1 aliphatic rings. The summed E-state index contributed by atoms with van der Waals surface area (Å²) in [4.78, 5) is 23.7. The molecule has 4 aromatic carbocycles. The third-order valence-corrected chi connectivity index (χ3v) is 10.2. The molecule has 1 fully saturated rings. The molecule has 15 nitrogen and oxygen atoms in total. The van der Waals surface area contributed by atoms with Gasteiger partial charge in [0.15, 0.2) is 11.5 Å². The predicted molar refractivity (Wildman–Crippen MR) is 199 cm³/mol. The van der Waals surface area contributed by atoms with Gasteiger partial charge in [-0.2, -0.15) is 0 Å². The highest BCUT2D eigenvalue weighted by Crippen LogP contribution is 2.47. The van der Waals surface area contributed by atoms with Crippen LogP contribution in [0.5, 0.6) is 17.2 Å². The Bertz CT molecular complexity index is 2130. The average molecular weight is 753 g/mol. The lowest BCUT2D eigenvalue weighted by Gasteiger charge is -2.37. The Kier molecular flexibility index (Phi) is 10.9. The number of benzene rings is 4. The number of nitrogens with two attached hydrogens (primary N) is 1. The van der Waals surface area contributed by atoms with Gasteiger partial charge in [-0.05, 0) is 53.1 Å². The van der Waals surface area contributed by atoms with Gasteiger partial charge in [0.1, 0.15) is 53.1 Å². The highest BCUT2D eigenvalue weighted by atomic mass is 31.2. The second-order valence-electron chi connectivity index (χ2n) is 12.2. The van der Waals surface area contributed by atoms with Crippen LogP contribution in [0.2, 0.25) is 0 Å². The number of rotatable bonds is 15. The van der Waals surface area contributed by atoms with Crippen LogP contribution in [0.3, 0.4) is 0 Å². The third kappa shape index (κ3) is 7.40. The van der Waals surface area contributed by atoms with Crippen molar-refractivity contribution in [3.05, 3.63) is 143 Å². The van der Waals surface area contributed by atoms with Crippen molar-refractivity contribution < 1.29 is 37.4 Å². The molecule has 7 rings (SSSR count). The highest BCUT2D eigenvalue weighted by molar-refractivity contribution is 7.42. The van der Waals surface area contributed by atoms with Crippen LogP contribution in [0.1, 0.15) is 29.3 Å². The molecule has 3 heterocycles. The van der Waals surface area contributed by atoms with Crippen LogP contribution in [0.15, 0.2) is 116 Å². The van der Waals surface area contributed by atoms with Gasteiger partial charge in [-0.15, -0.1) is 0 Å². The first kappa shape index (κ1) is 36.6. The molecule has 6 aromatic rings. The lowest BCUT2D eigenvalue weighted by Crippen LogP contribution is -2.38. The number of anilines is 1. The fourth-order valence-electron chi connectivity index (χ4n) is 6.42. The quantitative estimate of drug-likeness (QED) is 0.0493. The summed E-state index contributed by atoms with van der Waals surface area (Å²) < 4.78 is 44.9. The van der Waals surface area contributed by atoms with Crippen LogP contribution < -0.4 is 19.7 Å². The summed E-state index contributed by atoms with van der Waals surface area (Å²) in [5.74, 6) is 1.98. The lowest BCUT2D eigenvalue weighted by molar-refractivity contribution is -0.384. The van der Waals surface area contributed by atoms with E-state index in [-0.39, 0.29) is 18.1 Å². The Morgan fingerprint density at radius 3 is 2.06 bits per heavy atom. The van der Waals surface area contributed by atoms with Gasteiger partial charge in [0.25, 0.3) is 5.69 Å². The zero-order valence-corrected chi connectivity index (χ0v) is 30.4. The van der Waals surface area contributed by atoms with Crippen LogP contribution in [-0.4, -0.2) is 64.6 Å². The summed E-state index contributed by atoms with van der Waals surface area (Å²) in [7, 11) is 2.71. The Morgan fingerprint density at radius 2 is 1.46 bits per heavy atom. The van der Waals surface area contributed by atoms with Crippen LogP contribution >= 0.6 is 8.60 Å². The highest BCUT2D eigenvalue weighted by Gasteiger charge is 2.44. The smallest absolute Gasteiger partial charge is 0.397 e. The fourth-order valence-corrected chi connectivity index (χ4v) is 7.36. The summed E-state index contributed by atoms with van der Waals surface area (Å²) >= 11 is 0. The maximum Gasteiger partial charge on any atom is 0.397 e. The van der Waals surface area contributed by atoms with E-state index in [1.165, 1.54) is 37.7 Å². The van der Waals surface area contributed by atoms with Crippen molar-refractivity contribution in [3.8, 4) is 17.2 Å². The van der Waals surface area contributed by atoms with E-state index in [0.29, 0.717) is 34.8 Å². The summed E-state index contributed by atoms with van der Waals surface area (Å²) in [6, 6.07) is 31.1. The van der Waals surface area contributed by atoms with Crippen molar-refractivity contribution in [3.63, 3.8) is 0 Å². The van der Waals surface area contributed by atoms with E-state index in [1.54, 1.807) is 25.1 Å². The van der Waals surface area contributed by atoms with Crippen molar-refractivity contribution in [2.75, 3.05) is 33.7 Å². The van der Waals surface area contributed by atoms with Gasteiger partial charge in [-0.25, -0.2) is 15.0 Å². The molecule has 278 valence electrons. The standard InChI is InChI=1S/C38H37N6O9P/c1-47-29-15-9-26(10-16-29)38(25-7-5-4-6-8-25,27-11-17-30(48-2)18-12-27)50-22-33-32(53-54(49-3)52-31-19-13-28(14-20-31)44(45)46)21-34(51-33)43-24-42-35-36(39)40-23-41-37(35)43/h4-20,23-24,32-34H,21-22H2,1-3H3,(H2,39,40,41)/t32-,33+,34+,54?/m0/s1. The van der Waals surface area contributed by atoms with Crippen molar-refractivity contribution in [1.82, 2.24) is 19.5 Å². The minimum absolute atomic E-state index is 0.0439. The summed E-state index contributed by atoms with van der Waals surface area (Å²) in [5.41, 5.74) is 8.43. The fraction of sp³-hybridized carbons (Fsp3) is 0.237. The van der Waals surface area contributed by atoms with E-state index in [0.717, 1.165) is 16.7 Å². The van der Waals surface area contributed by atoms with E-state index >= 15 is 0 Å². The first-order chi connectivity index (χ1) is 26.3. The zero-order chi connectivity index (χ0) is 37.7. The molecule has 0 bridgehead atoms. The molecule has 16 heteroatoms. The normalized spacial score (nSPS) is 17.6. The second-order valence-corrected chi connectivity index (χ2v) is 13.4. The molecule has 1 saturated heterocycles. The monoisotopic (exact) mass is 752 g/mol. The predicted octanol–water partition coefficient (Wildman–Crippen LogP) is 6.97. The number of non-ortho nitro benzene ring substituents is 1. The summed E-state index contributed by atoms with van der Waals surface area (Å²) in [5, 5.41) is 11.2. The number of nitrogen functional groups attached to an aromatic ring is 1. The molecule has 1 aliphatic heterocycles. The number of aromatic nitrogens is 4. The SMILES string of the molecule is COc1ccc(C(OC[C@H]2O[C@@H](n3cnc4c(N)ncnc43)C[C@@H]2OP(OC)Oc2ccc([N+](=O)[O-])cc2)(c2ccccc2)c2ccc(OC)cc2)cc1. The topological polar surface area (TPSA) is 177 Å². The van der Waals surface area contributed by atoms with E-state index in [4.69, 9.17) is 38.3 Å². The Morgan fingerprint density at radius 1 is 0.852 bits per heavy atom. The van der Waals surface area contributed by atoms with Crippen LogP contribution in [0.4, 0.5) is 11.5 Å². The number of hydrogen-bond donors (Lipinski definition) is 1. The van der Waals surface area contributed by atoms with E-state index < -0.39 is 37.6 Å². The molecule has 54 heavy (non-hydrogen) atoms. The number of nitro benzene ring substituents is 1. The Balaban J connectivity index is 1.26. The van der Waals surface area contributed by atoms with Gasteiger partial charge in [-0.1, -0.05) is 54.6 Å². The van der Waals surface area contributed by atoms with E-state index in [1.807, 2.05) is 78.9 Å². The number of methoxy groups -OCH3 is 2. The third-order valence-electron chi connectivity index (χ3n) is 9.11. The number of nitrogens with zero attached hydrogens (tertiary/aromatic N) is 5. The first-order valence-electron chi connectivity index (χ1n) is 16.8. The molecule has 4 atom stereocenters. The molecule has 2 N–H and O–H groups in total. The molecule has 0 radical (unpaired) electrons. The molecule has 0 amide bonds. The van der Waals surface area contributed by atoms with E-state index in [9.17, 15) is 10.1 Å². The summed E-state index contributed by atoms with van der Waals surface area (Å²) in [6.07, 6.45) is 1.42. The maximum absolute atomic E-state index is 11.2. The Labute approximate surface area is 311 Å². The van der Waals surface area contributed by atoms with E-state index in [2.05, 4.69) is 15.0 Å². The molecular weight excluding hydrogens is 715 g/mol. The molecular formula is C38H37N6O9P. The first-order valence-corrected chi connectivity index (χ1v) is 17.9.